The summed E-state index contributed by atoms with van der Waals surface area (Å²) in [5, 5.41) is 0.779. The van der Waals surface area contributed by atoms with Crippen LogP contribution in [0, 0.1) is 12.8 Å². The van der Waals surface area contributed by atoms with E-state index >= 15 is 0 Å². The van der Waals surface area contributed by atoms with Crippen molar-refractivity contribution in [2.45, 2.75) is 32.6 Å². The third-order valence-corrected chi connectivity index (χ3v) is 6.39. The second kappa shape index (κ2) is 8.14. The molecule has 1 amide bonds. The molecule has 2 aromatic carbocycles. The van der Waals surface area contributed by atoms with Crippen molar-refractivity contribution in [2.75, 3.05) is 14.2 Å². The zero-order valence-electron chi connectivity index (χ0n) is 17.8. The summed E-state index contributed by atoms with van der Waals surface area (Å²) < 4.78 is 10.9. The van der Waals surface area contributed by atoms with Gasteiger partial charge in [-0.1, -0.05) is 49.9 Å². The van der Waals surface area contributed by atoms with Gasteiger partial charge in [-0.05, 0) is 30.0 Å². The monoisotopic (exact) mass is 423 g/mol. The molecular weight excluding hydrogens is 398 g/mol. The number of benzene rings is 2. The fraction of sp³-hybridized carbons (Fsp3) is 0.348. The molecule has 0 radical (unpaired) electrons. The molecule has 1 unspecified atom stereocenters. The largest absolute Gasteiger partial charge is 0.493 e. The number of fused-ring (bicyclic) bond motifs is 3. The molecule has 1 atom stereocenters. The summed E-state index contributed by atoms with van der Waals surface area (Å²) in [6, 6.07) is 11.6. The van der Waals surface area contributed by atoms with Crippen molar-refractivity contribution in [1.82, 2.24) is 4.90 Å². The first-order valence-electron chi connectivity index (χ1n) is 9.88. The van der Waals surface area contributed by atoms with Gasteiger partial charge in [0, 0.05) is 17.4 Å². The van der Waals surface area contributed by atoms with E-state index in [0.29, 0.717) is 17.3 Å². The summed E-state index contributed by atoms with van der Waals surface area (Å²) in [5.74, 6) is 2.55. The molecule has 0 saturated heterocycles. The van der Waals surface area contributed by atoms with Gasteiger partial charge in [0.2, 0.25) is 0 Å². The molecule has 156 valence electrons. The summed E-state index contributed by atoms with van der Waals surface area (Å²) in [6.45, 7) is 6.18. The van der Waals surface area contributed by atoms with Gasteiger partial charge in [-0.25, -0.2) is 4.99 Å². The van der Waals surface area contributed by atoms with Crippen molar-refractivity contribution in [2.24, 2.45) is 15.9 Å². The Labute approximate surface area is 181 Å². The number of aryl methyl sites for hydroxylation is 1. The van der Waals surface area contributed by atoms with Gasteiger partial charge in [-0.15, -0.1) is 0 Å². The van der Waals surface area contributed by atoms with Crippen molar-refractivity contribution in [3.8, 4) is 11.5 Å². The average Bonchev–Trinajstić information content (AvgIpc) is 3.09. The van der Waals surface area contributed by atoms with Crippen LogP contribution in [0.3, 0.4) is 0 Å². The minimum absolute atomic E-state index is 0.102. The highest BCUT2D eigenvalue weighted by Crippen LogP contribution is 2.42. The van der Waals surface area contributed by atoms with Gasteiger partial charge in [-0.3, -0.25) is 9.69 Å². The summed E-state index contributed by atoms with van der Waals surface area (Å²) in [7, 11) is 3.19. The summed E-state index contributed by atoms with van der Waals surface area (Å²) in [4.78, 5) is 24.1. The minimum Gasteiger partial charge on any atom is -0.493 e. The molecule has 0 saturated carbocycles. The molecule has 2 aliphatic heterocycles. The van der Waals surface area contributed by atoms with Gasteiger partial charge in [-0.2, -0.15) is 4.99 Å². The van der Waals surface area contributed by atoms with Crippen molar-refractivity contribution >= 4 is 34.4 Å². The number of methoxy groups -OCH3 is 2. The van der Waals surface area contributed by atoms with Crippen LogP contribution in [0.2, 0.25) is 0 Å². The quantitative estimate of drug-likeness (QED) is 0.705. The lowest BCUT2D eigenvalue weighted by Gasteiger charge is -2.33. The third kappa shape index (κ3) is 3.47. The number of amidine groups is 2. The van der Waals surface area contributed by atoms with Crippen LogP contribution in [0.1, 0.15) is 30.5 Å². The minimum atomic E-state index is -0.357. The molecule has 6 nitrogen and oxygen atoms in total. The number of carbonyl (C=O) groups is 1. The van der Waals surface area contributed by atoms with Crippen LogP contribution in [0.25, 0.3) is 0 Å². The lowest BCUT2D eigenvalue weighted by Crippen LogP contribution is -2.46. The molecule has 2 aromatic rings. The van der Waals surface area contributed by atoms with Gasteiger partial charge in [0.25, 0.3) is 5.91 Å². The lowest BCUT2D eigenvalue weighted by molar-refractivity contribution is -0.120. The molecule has 0 bridgehead atoms. The van der Waals surface area contributed by atoms with E-state index in [2.05, 4.69) is 24.0 Å². The molecule has 0 fully saturated rings. The first-order chi connectivity index (χ1) is 14.4. The highest BCUT2D eigenvalue weighted by atomic mass is 32.2. The molecule has 2 heterocycles. The van der Waals surface area contributed by atoms with Crippen LogP contribution in [-0.2, 0) is 10.5 Å². The molecule has 0 aromatic heterocycles. The topological polar surface area (TPSA) is 63.5 Å². The molecule has 2 aliphatic rings. The zero-order chi connectivity index (χ0) is 21.4. The average molecular weight is 424 g/mol. The lowest BCUT2D eigenvalue weighted by atomic mass is 10.0. The van der Waals surface area contributed by atoms with Crippen molar-refractivity contribution in [1.29, 1.82) is 0 Å². The molecule has 30 heavy (non-hydrogen) atoms. The Kier molecular flexibility index (Phi) is 5.56. The van der Waals surface area contributed by atoms with Crippen LogP contribution < -0.4 is 9.47 Å². The maximum atomic E-state index is 12.8. The van der Waals surface area contributed by atoms with E-state index in [1.54, 1.807) is 26.0 Å². The Morgan fingerprint density at radius 2 is 1.80 bits per heavy atom. The van der Waals surface area contributed by atoms with Gasteiger partial charge in [0.1, 0.15) is 11.9 Å². The highest BCUT2D eigenvalue weighted by molar-refractivity contribution is 8.13. The van der Waals surface area contributed by atoms with E-state index in [0.717, 1.165) is 22.2 Å². The number of amides is 1. The smallest absolute Gasteiger partial charge is 0.271 e. The normalized spacial score (nSPS) is 17.5. The van der Waals surface area contributed by atoms with Crippen LogP contribution in [0.5, 0.6) is 11.5 Å². The number of rotatable bonds is 5. The number of carbonyl (C=O) groups excluding carboxylic acids is 1. The van der Waals surface area contributed by atoms with Crippen LogP contribution in [0.4, 0.5) is 5.69 Å². The van der Waals surface area contributed by atoms with E-state index in [1.807, 2.05) is 43.0 Å². The Balaban J connectivity index is 1.79. The maximum Gasteiger partial charge on any atom is 0.271 e. The first-order valence-corrected chi connectivity index (χ1v) is 10.9. The number of hydrogen-bond donors (Lipinski definition) is 0. The van der Waals surface area contributed by atoms with Crippen molar-refractivity contribution in [3.05, 3.63) is 53.1 Å². The number of hydrogen-bond acceptors (Lipinski definition) is 6. The number of thioether (sulfide) groups is 1. The molecule has 0 spiro atoms. The Morgan fingerprint density at radius 3 is 2.47 bits per heavy atom. The third-order valence-electron chi connectivity index (χ3n) is 5.39. The zero-order valence-corrected chi connectivity index (χ0v) is 18.6. The predicted octanol–water partition coefficient (Wildman–Crippen LogP) is 4.56. The molecule has 7 heteroatoms. The maximum absolute atomic E-state index is 12.8. The fourth-order valence-electron chi connectivity index (χ4n) is 3.76. The number of aliphatic imine (C=N–C) groups is 2. The standard InChI is InChI=1S/C23H25N3O3S/c1-13(2)20-22(27)25-21-16-10-18(28-4)19(29-5)11-17(16)24-23(26(20)21)30-12-15-9-7-6-8-14(15)3/h6-11,13,20H,12H2,1-5H3. The van der Waals surface area contributed by atoms with Crippen LogP contribution >= 0.6 is 11.8 Å². The van der Waals surface area contributed by atoms with Gasteiger partial charge in [0.15, 0.2) is 16.7 Å². The van der Waals surface area contributed by atoms with E-state index in [9.17, 15) is 4.79 Å². The number of nitrogens with zero attached hydrogens (tertiary/aromatic N) is 3. The highest BCUT2D eigenvalue weighted by Gasteiger charge is 2.43. The van der Waals surface area contributed by atoms with Gasteiger partial charge < -0.3 is 9.47 Å². The number of ether oxygens (including phenoxy) is 2. The summed E-state index contributed by atoms with van der Waals surface area (Å²) >= 11 is 1.62. The molecule has 4 rings (SSSR count). The first kappa shape index (κ1) is 20.5. The van der Waals surface area contributed by atoms with Crippen molar-refractivity contribution < 1.29 is 14.3 Å². The fourth-order valence-corrected chi connectivity index (χ4v) is 4.87. The Morgan fingerprint density at radius 1 is 1.10 bits per heavy atom. The van der Waals surface area contributed by atoms with Gasteiger partial charge >= 0.3 is 0 Å². The van der Waals surface area contributed by atoms with Crippen LogP contribution in [0.15, 0.2) is 46.4 Å². The summed E-state index contributed by atoms with van der Waals surface area (Å²) in [5.41, 5.74) is 3.99. The van der Waals surface area contributed by atoms with E-state index in [4.69, 9.17) is 14.5 Å². The molecule has 0 aliphatic carbocycles. The van der Waals surface area contributed by atoms with E-state index in [-0.39, 0.29) is 17.9 Å². The Bertz CT molecular complexity index is 1060. The van der Waals surface area contributed by atoms with Gasteiger partial charge in [0.05, 0.1) is 19.9 Å². The van der Waals surface area contributed by atoms with Crippen LogP contribution in [-0.4, -0.2) is 42.1 Å². The molecule has 0 N–H and O–H groups in total. The summed E-state index contributed by atoms with van der Waals surface area (Å²) in [6.07, 6.45) is 0. The SMILES string of the molecule is COc1cc2c(cc1OC)C1=NC(=O)C(C(C)C)N1C(SCc1ccccc1C)=N2. The van der Waals surface area contributed by atoms with E-state index < -0.39 is 0 Å². The molecular formula is C23H25N3O3S. The van der Waals surface area contributed by atoms with Crippen molar-refractivity contribution in [3.63, 3.8) is 0 Å². The predicted molar refractivity (Wildman–Crippen MR) is 121 cm³/mol. The second-order valence-electron chi connectivity index (χ2n) is 7.67. The second-order valence-corrected chi connectivity index (χ2v) is 8.61. The Hall–Kier alpha value is -2.80. The van der Waals surface area contributed by atoms with E-state index in [1.165, 1.54) is 11.1 Å².